The van der Waals surface area contributed by atoms with Gasteiger partial charge in [0, 0.05) is 13.7 Å². The first-order valence-corrected chi connectivity index (χ1v) is 6.25. The van der Waals surface area contributed by atoms with Crippen LogP contribution < -0.4 is 14.2 Å². The summed E-state index contributed by atoms with van der Waals surface area (Å²) in [7, 11) is 4.56. The Balaban J connectivity index is 2.84. The number of carboxylic acids is 1. The molecule has 0 fully saturated rings. The van der Waals surface area contributed by atoms with Gasteiger partial charge in [-0.1, -0.05) is 0 Å². The number of aromatic carboxylic acids is 1. The third-order valence-electron chi connectivity index (χ3n) is 2.70. The summed E-state index contributed by atoms with van der Waals surface area (Å²) < 4.78 is 20.9. The molecule has 20 heavy (non-hydrogen) atoms. The number of benzene rings is 1. The SMILES string of the molecule is COCCCCOc1c(OC)cc(C(=O)O)cc1OC. The van der Waals surface area contributed by atoms with Gasteiger partial charge in [-0.3, -0.25) is 0 Å². The van der Waals surface area contributed by atoms with E-state index in [-0.39, 0.29) is 5.56 Å². The monoisotopic (exact) mass is 284 g/mol. The molecule has 6 nitrogen and oxygen atoms in total. The minimum Gasteiger partial charge on any atom is -0.493 e. The number of carbonyl (C=O) groups is 1. The highest BCUT2D eigenvalue weighted by atomic mass is 16.5. The largest absolute Gasteiger partial charge is 0.493 e. The van der Waals surface area contributed by atoms with Crippen LogP contribution in [0.5, 0.6) is 17.2 Å². The minimum atomic E-state index is -1.05. The van der Waals surface area contributed by atoms with Crippen LogP contribution in [0.25, 0.3) is 0 Å². The predicted octanol–water partition coefficient (Wildman–Crippen LogP) is 2.21. The van der Waals surface area contributed by atoms with Crippen LogP contribution in [0.1, 0.15) is 23.2 Å². The van der Waals surface area contributed by atoms with E-state index in [9.17, 15) is 4.79 Å². The number of carboxylic acid groups (broad SMARTS) is 1. The maximum Gasteiger partial charge on any atom is 0.335 e. The molecular formula is C14H20O6. The first-order valence-electron chi connectivity index (χ1n) is 6.25. The Morgan fingerprint density at radius 3 is 2.05 bits per heavy atom. The Bertz CT molecular complexity index is 418. The van der Waals surface area contributed by atoms with Crippen molar-refractivity contribution < 1.29 is 28.8 Å². The molecule has 1 rings (SSSR count). The number of hydrogen-bond acceptors (Lipinski definition) is 5. The van der Waals surface area contributed by atoms with Crippen LogP contribution in [0.4, 0.5) is 0 Å². The fourth-order valence-corrected chi connectivity index (χ4v) is 1.67. The normalized spacial score (nSPS) is 10.2. The van der Waals surface area contributed by atoms with E-state index in [1.54, 1.807) is 7.11 Å². The third kappa shape index (κ3) is 4.31. The third-order valence-corrected chi connectivity index (χ3v) is 2.70. The maximum absolute atomic E-state index is 11.0. The second kappa shape index (κ2) is 8.27. The fraction of sp³-hybridized carbons (Fsp3) is 0.500. The van der Waals surface area contributed by atoms with Gasteiger partial charge in [-0.2, -0.15) is 0 Å². The van der Waals surface area contributed by atoms with Gasteiger partial charge < -0.3 is 24.1 Å². The molecule has 1 aromatic carbocycles. The maximum atomic E-state index is 11.0. The van der Waals surface area contributed by atoms with Gasteiger partial charge in [0.1, 0.15) is 0 Å². The molecule has 6 heteroatoms. The lowest BCUT2D eigenvalue weighted by Crippen LogP contribution is -2.05. The van der Waals surface area contributed by atoms with Gasteiger partial charge in [-0.15, -0.1) is 0 Å². The molecule has 0 aliphatic heterocycles. The van der Waals surface area contributed by atoms with Crippen LogP contribution in [0, 0.1) is 0 Å². The Labute approximate surface area is 118 Å². The van der Waals surface area contributed by atoms with Crippen LogP contribution in [-0.2, 0) is 4.74 Å². The molecule has 0 saturated heterocycles. The summed E-state index contributed by atoms with van der Waals surface area (Å²) in [5, 5.41) is 9.02. The van der Waals surface area contributed by atoms with Gasteiger partial charge >= 0.3 is 5.97 Å². The molecule has 0 amide bonds. The van der Waals surface area contributed by atoms with E-state index in [2.05, 4.69) is 0 Å². The number of methoxy groups -OCH3 is 3. The lowest BCUT2D eigenvalue weighted by atomic mass is 10.2. The van der Waals surface area contributed by atoms with Crippen molar-refractivity contribution in [3.8, 4) is 17.2 Å². The molecule has 1 aromatic rings. The fourth-order valence-electron chi connectivity index (χ4n) is 1.67. The van der Waals surface area contributed by atoms with E-state index in [0.717, 1.165) is 12.8 Å². The van der Waals surface area contributed by atoms with Crippen LogP contribution in [0.15, 0.2) is 12.1 Å². The van der Waals surface area contributed by atoms with Crippen LogP contribution in [-0.4, -0.2) is 45.6 Å². The van der Waals surface area contributed by atoms with Crippen LogP contribution >= 0.6 is 0 Å². The zero-order valence-electron chi connectivity index (χ0n) is 12.0. The lowest BCUT2D eigenvalue weighted by molar-refractivity contribution is 0.0696. The van der Waals surface area contributed by atoms with Crippen molar-refractivity contribution in [3.63, 3.8) is 0 Å². The molecule has 0 atom stereocenters. The van der Waals surface area contributed by atoms with Crippen LogP contribution in [0.3, 0.4) is 0 Å². The number of rotatable bonds is 9. The average Bonchev–Trinajstić information content (AvgIpc) is 2.46. The second-order valence-corrected chi connectivity index (χ2v) is 4.06. The van der Waals surface area contributed by atoms with Gasteiger partial charge in [-0.25, -0.2) is 4.79 Å². The molecule has 0 bridgehead atoms. The van der Waals surface area contributed by atoms with Crippen molar-refractivity contribution in [1.29, 1.82) is 0 Å². The zero-order valence-corrected chi connectivity index (χ0v) is 12.0. The molecule has 0 aromatic heterocycles. The van der Waals surface area contributed by atoms with Crippen molar-refractivity contribution in [3.05, 3.63) is 17.7 Å². The van der Waals surface area contributed by atoms with Crippen molar-refractivity contribution in [2.45, 2.75) is 12.8 Å². The Morgan fingerprint density at radius 2 is 1.60 bits per heavy atom. The van der Waals surface area contributed by atoms with Gasteiger partial charge in [-0.05, 0) is 25.0 Å². The van der Waals surface area contributed by atoms with E-state index < -0.39 is 5.97 Å². The average molecular weight is 284 g/mol. The van der Waals surface area contributed by atoms with E-state index in [1.165, 1.54) is 26.4 Å². The number of ether oxygens (including phenoxy) is 4. The summed E-state index contributed by atoms with van der Waals surface area (Å²) in [5.41, 5.74) is 0.0884. The molecule has 1 N–H and O–H groups in total. The first-order chi connectivity index (χ1) is 9.63. The van der Waals surface area contributed by atoms with Crippen molar-refractivity contribution in [1.82, 2.24) is 0 Å². The Morgan fingerprint density at radius 1 is 1.05 bits per heavy atom. The second-order valence-electron chi connectivity index (χ2n) is 4.06. The Kier molecular flexibility index (Phi) is 6.66. The van der Waals surface area contributed by atoms with Crippen LogP contribution in [0.2, 0.25) is 0 Å². The summed E-state index contributed by atoms with van der Waals surface area (Å²) in [6.45, 7) is 1.15. The summed E-state index contributed by atoms with van der Waals surface area (Å²) in [5.74, 6) is 0.0487. The van der Waals surface area contributed by atoms with E-state index in [0.29, 0.717) is 30.5 Å². The smallest absolute Gasteiger partial charge is 0.335 e. The first kappa shape index (κ1) is 16.1. The Hall–Kier alpha value is -1.95. The zero-order chi connectivity index (χ0) is 15.0. The highest BCUT2D eigenvalue weighted by Gasteiger charge is 2.17. The summed E-state index contributed by atoms with van der Waals surface area (Å²) in [6, 6.07) is 2.82. The van der Waals surface area contributed by atoms with E-state index in [1.807, 2.05) is 0 Å². The molecule has 0 saturated carbocycles. The van der Waals surface area contributed by atoms with E-state index in [4.69, 9.17) is 24.1 Å². The standard InChI is InChI=1S/C14H20O6/c1-17-6-4-5-7-20-13-11(18-2)8-10(14(15)16)9-12(13)19-3/h8-9H,4-7H2,1-3H3,(H,15,16). The molecule has 0 heterocycles. The van der Waals surface area contributed by atoms with Crippen molar-refractivity contribution in [2.75, 3.05) is 34.5 Å². The summed E-state index contributed by atoms with van der Waals surface area (Å²) >= 11 is 0. The minimum absolute atomic E-state index is 0.0884. The molecule has 0 radical (unpaired) electrons. The molecule has 0 aliphatic rings. The number of unbranched alkanes of at least 4 members (excludes halogenated alkanes) is 1. The van der Waals surface area contributed by atoms with Gasteiger partial charge in [0.05, 0.1) is 26.4 Å². The quantitative estimate of drug-likeness (QED) is 0.701. The van der Waals surface area contributed by atoms with Gasteiger partial charge in [0.25, 0.3) is 0 Å². The summed E-state index contributed by atoms with van der Waals surface area (Å²) in [6.07, 6.45) is 1.70. The molecule has 0 aliphatic carbocycles. The molecule has 112 valence electrons. The lowest BCUT2D eigenvalue weighted by Gasteiger charge is -2.15. The number of hydrogen-bond donors (Lipinski definition) is 1. The van der Waals surface area contributed by atoms with E-state index >= 15 is 0 Å². The topological polar surface area (TPSA) is 74.2 Å². The molecule has 0 spiro atoms. The van der Waals surface area contributed by atoms with Gasteiger partial charge in [0.2, 0.25) is 5.75 Å². The van der Waals surface area contributed by atoms with Crippen molar-refractivity contribution in [2.24, 2.45) is 0 Å². The predicted molar refractivity (Wildman–Crippen MR) is 73.1 cm³/mol. The van der Waals surface area contributed by atoms with Crippen molar-refractivity contribution >= 4 is 5.97 Å². The highest BCUT2D eigenvalue weighted by Crippen LogP contribution is 2.38. The summed E-state index contributed by atoms with van der Waals surface area (Å²) in [4.78, 5) is 11.0. The highest BCUT2D eigenvalue weighted by molar-refractivity contribution is 5.89. The van der Waals surface area contributed by atoms with Gasteiger partial charge in [0.15, 0.2) is 11.5 Å². The molecule has 0 unspecified atom stereocenters. The molecular weight excluding hydrogens is 264 g/mol.